The maximum atomic E-state index is 9.36. The van der Waals surface area contributed by atoms with Crippen molar-refractivity contribution in [2.45, 2.75) is 13.8 Å². The second kappa shape index (κ2) is 14.1. The van der Waals surface area contributed by atoms with Crippen molar-refractivity contribution in [1.82, 2.24) is 0 Å². The first-order chi connectivity index (χ1) is 20.0. The lowest BCUT2D eigenvalue weighted by Gasteiger charge is -2.20. The van der Waals surface area contributed by atoms with Gasteiger partial charge in [-0.3, -0.25) is 0 Å². The Labute approximate surface area is 243 Å². The third-order valence-electron chi connectivity index (χ3n) is 6.93. The summed E-state index contributed by atoms with van der Waals surface area (Å²) in [7, 11) is 0. The van der Waals surface area contributed by atoms with Gasteiger partial charge in [0.25, 0.3) is 0 Å². The molecule has 0 atom stereocenters. The highest BCUT2D eigenvalue weighted by molar-refractivity contribution is 6.11. The van der Waals surface area contributed by atoms with Gasteiger partial charge in [-0.1, -0.05) is 129 Å². The first-order valence-corrected chi connectivity index (χ1v) is 13.2. The monoisotopic (exact) mass is 533 g/mol. The number of nitrogens with one attached hydrogen (secondary N) is 1. The van der Waals surface area contributed by atoms with Crippen molar-refractivity contribution in [3.8, 4) is 28.3 Å². The first kappa shape index (κ1) is 30.1. The van der Waals surface area contributed by atoms with Crippen LogP contribution in [-0.2, 0) is 0 Å². The van der Waals surface area contributed by atoms with Crippen molar-refractivity contribution in [1.29, 1.82) is 10.7 Å². The van der Waals surface area contributed by atoms with Crippen molar-refractivity contribution >= 4 is 40.8 Å². The number of hydrogen-bond acceptors (Lipinski definition) is 3. The Morgan fingerprint density at radius 1 is 0.780 bits per heavy atom. The third kappa shape index (κ3) is 6.08. The molecule has 202 valence electrons. The Morgan fingerprint density at radius 3 is 1.63 bits per heavy atom. The van der Waals surface area contributed by atoms with Crippen LogP contribution < -0.4 is 5.73 Å². The molecule has 0 fully saturated rings. The molecule has 4 aromatic rings. The van der Waals surface area contributed by atoms with E-state index in [4.69, 9.17) is 11.1 Å². The van der Waals surface area contributed by atoms with E-state index in [0.717, 1.165) is 55.3 Å². The molecule has 0 bridgehead atoms. The predicted molar refractivity (Wildman–Crippen MR) is 180 cm³/mol. The quantitative estimate of drug-likeness (QED) is 0.134. The van der Waals surface area contributed by atoms with Gasteiger partial charge in [-0.2, -0.15) is 5.26 Å². The predicted octanol–water partition coefficient (Wildman–Crippen LogP) is 10.1. The molecule has 0 amide bonds. The summed E-state index contributed by atoms with van der Waals surface area (Å²) in [6, 6.07) is 27.3. The van der Waals surface area contributed by atoms with Gasteiger partial charge in [0.1, 0.15) is 11.8 Å². The summed E-state index contributed by atoms with van der Waals surface area (Å²) in [6.45, 7) is 18.7. The summed E-state index contributed by atoms with van der Waals surface area (Å²) in [4.78, 5) is 0. The fraction of sp³-hybridized carbons (Fsp3) is 0.0526. The second-order valence-corrected chi connectivity index (χ2v) is 9.21. The van der Waals surface area contributed by atoms with Crippen molar-refractivity contribution in [3.05, 3.63) is 145 Å². The molecule has 0 saturated carbocycles. The molecule has 4 aromatic carbocycles. The van der Waals surface area contributed by atoms with E-state index in [0.29, 0.717) is 5.57 Å². The smallest absolute Gasteiger partial charge is 0.118 e. The highest BCUT2D eigenvalue weighted by atomic mass is 14.6. The van der Waals surface area contributed by atoms with Crippen LogP contribution in [0.2, 0.25) is 0 Å². The van der Waals surface area contributed by atoms with Crippen LogP contribution >= 0.6 is 0 Å². The van der Waals surface area contributed by atoms with Gasteiger partial charge in [0, 0.05) is 5.57 Å². The lowest BCUT2D eigenvalue weighted by atomic mass is 9.83. The number of nitriles is 1. The fourth-order valence-corrected chi connectivity index (χ4v) is 5.08. The first-order valence-electron chi connectivity index (χ1n) is 13.2. The number of rotatable bonds is 8. The van der Waals surface area contributed by atoms with Gasteiger partial charge in [0.15, 0.2) is 0 Å². The summed E-state index contributed by atoms with van der Waals surface area (Å²) in [5, 5.41) is 17.1. The van der Waals surface area contributed by atoms with Crippen molar-refractivity contribution in [2.75, 3.05) is 0 Å². The molecular formula is C38H35N3. The lowest BCUT2D eigenvalue weighted by Crippen LogP contribution is -1.99. The van der Waals surface area contributed by atoms with Crippen LogP contribution in [0.15, 0.2) is 123 Å². The number of benzene rings is 4. The van der Waals surface area contributed by atoms with Crippen LogP contribution in [0.5, 0.6) is 0 Å². The minimum absolute atomic E-state index is 0.192. The van der Waals surface area contributed by atoms with E-state index < -0.39 is 0 Å². The molecule has 0 radical (unpaired) electrons. The average Bonchev–Trinajstić information content (AvgIpc) is 3.03. The van der Waals surface area contributed by atoms with Crippen LogP contribution in [0.4, 0.5) is 0 Å². The highest BCUT2D eigenvalue weighted by Crippen LogP contribution is 2.43. The van der Waals surface area contributed by atoms with E-state index in [1.807, 2.05) is 55.5 Å². The molecule has 3 nitrogen and oxygen atoms in total. The third-order valence-corrected chi connectivity index (χ3v) is 6.93. The van der Waals surface area contributed by atoms with Gasteiger partial charge in [-0.05, 0) is 81.4 Å². The fourth-order valence-electron chi connectivity index (χ4n) is 5.08. The zero-order chi connectivity index (χ0) is 29.9. The molecule has 3 N–H and O–H groups in total. The van der Waals surface area contributed by atoms with Crippen LogP contribution in [-0.4, -0.2) is 6.72 Å². The molecule has 0 aromatic heterocycles. The summed E-state index contributed by atoms with van der Waals surface area (Å²) in [6.07, 6.45) is 11.4. The number of allylic oxidation sites excluding steroid dienone is 7. The molecule has 0 saturated heterocycles. The molecule has 0 heterocycles. The van der Waals surface area contributed by atoms with Crippen molar-refractivity contribution in [3.63, 3.8) is 0 Å². The minimum Gasteiger partial charge on any atom is -0.390 e. The molecule has 0 spiro atoms. The van der Waals surface area contributed by atoms with E-state index in [1.54, 1.807) is 0 Å². The van der Waals surface area contributed by atoms with E-state index in [-0.39, 0.29) is 5.70 Å². The Hall–Kier alpha value is -5.46. The average molecular weight is 534 g/mol. The molecule has 0 unspecified atom stereocenters. The van der Waals surface area contributed by atoms with Gasteiger partial charge in [0.2, 0.25) is 0 Å². The standard InChI is InChI=1S/C37H32N2.CH3N/c1-6-12-25(5)26-16-20-28(21-17-26)36-30(8-3)31(9-4)37(34-15-11-10-14-33(34)36)29-22-18-27(19-23-29)32(13-7-2)35(39)24-38;1-2/h6-23H,1,3-4,39H2,2,5H3;2H,1H2/b13-7-,25-12+,35-32+;. The van der Waals surface area contributed by atoms with Crippen LogP contribution in [0.1, 0.15) is 36.1 Å². The van der Waals surface area contributed by atoms with Gasteiger partial charge in [-0.15, -0.1) is 0 Å². The summed E-state index contributed by atoms with van der Waals surface area (Å²) in [5.41, 5.74) is 16.6. The maximum Gasteiger partial charge on any atom is 0.118 e. The number of hydrogen-bond donors (Lipinski definition) is 2. The SMILES string of the molecule is C=C/C=C(\C)c1ccc(-c2c(C=C)c(C=C)c(-c3ccc(C(/C=C\C)=C(/N)C#N)cc3)c3ccccc23)cc1.C=N. The summed E-state index contributed by atoms with van der Waals surface area (Å²) < 4.78 is 0. The van der Waals surface area contributed by atoms with Crippen LogP contribution in [0.25, 0.3) is 56.3 Å². The molecule has 0 aliphatic rings. The molecule has 41 heavy (non-hydrogen) atoms. The Morgan fingerprint density at radius 2 is 1.24 bits per heavy atom. The minimum atomic E-state index is 0.192. The molecule has 0 aliphatic carbocycles. The Bertz CT molecular complexity index is 1720. The Balaban J connectivity index is 0.00000226. The maximum absolute atomic E-state index is 9.36. The molecule has 4 rings (SSSR count). The van der Waals surface area contributed by atoms with Crippen molar-refractivity contribution in [2.24, 2.45) is 5.73 Å². The van der Waals surface area contributed by atoms with Gasteiger partial charge >= 0.3 is 0 Å². The van der Waals surface area contributed by atoms with E-state index in [2.05, 4.69) is 100 Å². The van der Waals surface area contributed by atoms with Crippen LogP contribution in [0, 0.1) is 16.7 Å². The number of fused-ring (bicyclic) bond motifs is 1. The molecule has 3 heteroatoms. The van der Waals surface area contributed by atoms with E-state index >= 15 is 0 Å². The summed E-state index contributed by atoms with van der Waals surface area (Å²) >= 11 is 0. The van der Waals surface area contributed by atoms with Crippen molar-refractivity contribution < 1.29 is 0 Å². The number of nitrogens with zero attached hydrogens (tertiary/aromatic N) is 1. The summed E-state index contributed by atoms with van der Waals surface area (Å²) in [5.74, 6) is 0. The number of nitrogens with two attached hydrogens (primary N) is 1. The normalized spacial score (nSPS) is 11.7. The largest absolute Gasteiger partial charge is 0.390 e. The van der Waals surface area contributed by atoms with E-state index in [1.165, 1.54) is 5.57 Å². The molecular weight excluding hydrogens is 498 g/mol. The zero-order valence-electron chi connectivity index (χ0n) is 23.7. The lowest BCUT2D eigenvalue weighted by molar-refractivity contribution is 1.39. The van der Waals surface area contributed by atoms with Crippen LogP contribution in [0.3, 0.4) is 0 Å². The second-order valence-electron chi connectivity index (χ2n) is 9.21. The molecule has 0 aliphatic heterocycles. The van der Waals surface area contributed by atoms with Gasteiger partial charge in [0.05, 0.1) is 0 Å². The van der Waals surface area contributed by atoms with E-state index in [9.17, 15) is 5.26 Å². The zero-order valence-corrected chi connectivity index (χ0v) is 23.7. The van der Waals surface area contributed by atoms with Gasteiger partial charge in [-0.25, -0.2) is 0 Å². The topological polar surface area (TPSA) is 73.7 Å². The highest BCUT2D eigenvalue weighted by Gasteiger charge is 2.19. The Kier molecular flexibility index (Phi) is 10.3. The van der Waals surface area contributed by atoms with Gasteiger partial charge < -0.3 is 11.1 Å².